The van der Waals surface area contributed by atoms with E-state index in [-0.39, 0.29) is 0 Å². The zero-order valence-electron chi connectivity index (χ0n) is 54.3. The molecule has 0 saturated heterocycles. The molecule has 0 amide bonds. The lowest BCUT2D eigenvalue weighted by molar-refractivity contribution is 0.316. The van der Waals surface area contributed by atoms with Crippen LogP contribution in [0.1, 0.15) is 0 Å². The van der Waals surface area contributed by atoms with Crippen LogP contribution in [0, 0.1) is 0 Å². The first-order valence-electron chi connectivity index (χ1n) is 33.5. The number of rotatable bonds is 10. The van der Waals surface area contributed by atoms with Crippen LogP contribution in [0.4, 0.5) is 0 Å². The third-order valence-electron chi connectivity index (χ3n) is 19.0. The van der Waals surface area contributed by atoms with Crippen LogP contribution in [0.15, 0.2) is 331 Å². The highest BCUT2D eigenvalue weighted by atomic mass is 16.6. The molecule has 0 N–H and O–H groups in total. The van der Waals surface area contributed by atoms with Gasteiger partial charge >= 0.3 is 0 Å². The van der Waals surface area contributed by atoms with Crippen LogP contribution in [0.2, 0.25) is 0 Å². The monoisotopic (exact) mass is 1310 g/mol. The lowest BCUT2D eigenvalue weighted by Gasteiger charge is -2.13. The summed E-state index contributed by atoms with van der Waals surface area (Å²) in [6.45, 7) is 0. The fourth-order valence-electron chi connectivity index (χ4n) is 14.1. The predicted octanol–water partition coefficient (Wildman–Crippen LogP) is 21.8. The molecule has 476 valence electrons. The molecule has 20 rings (SSSR count). The summed E-state index contributed by atoms with van der Waals surface area (Å²) in [7, 11) is 0. The number of hydrogen-bond donors (Lipinski definition) is 0. The van der Waals surface area contributed by atoms with Crippen molar-refractivity contribution < 1.29 is 9.26 Å². The second kappa shape index (κ2) is 25.0. The fraction of sp³-hybridized carbons (Fsp3) is 0. The minimum atomic E-state index is 0.720. The Hall–Kier alpha value is -14.2. The van der Waals surface area contributed by atoms with Gasteiger partial charge in [-0.3, -0.25) is 9.97 Å². The van der Waals surface area contributed by atoms with Gasteiger partial charge in [0.25, 0.3) is 0 Å². The number of benzene rings is 11. The second-order valence-electron chi connectivity index (χ2n) is 25.1. The van der Waals surface area contributed by atoms with Gasteiger partial charge in [-0.15, -0.1) is 0 Å². The summed E-state index contributed by atoms with van der Waals surface area (Å²) in [5.41, 5.74) is 25.5. The standard InChI is InChI=1S/C46H28N6O.C43H25N5O/c1-2-11-31(12-3-1)36-28-37-43(46-45(36)51-53-52-46)35-15-4-5-16-38(35)50-44(37)33-14-10-13-32(25-33)29-19-21-30(22-20-29)34-26-41(39-17-6-8-23-47-39)49-42(27-34)40-18-7-9-24-48-40;1-3-10-26(11-4-1)33-25-34-38(43-42(33)47-49-48-43)32-16-7-8-17-37(32)46-39(34)31-15-9-14-30(24-31)36-23-21-29-19-18-28-20-22-35(27-12-5-2-6-13-27)44-40(28)41(29)45-36/h1-28H;1-25H. The van der Waals surface area contributed by atoms with Crippen LogP contribution >= 0.6 is 0 Å². The smallest absolute Gasteiger partial charge is 0.144 e. The molecule has 0 aliphatic carbocycles. The van der Waals surface area contributed by atoms with E-state index in [4.69, 9.17) is 34.2 Å². The number of nitrogens with zero attached hydrogens (tertiary/aromatic N) is 11. The molecule has 0 atom stereocenters. The molecule has 0 spiro atoms. The molecule has 0 aliphatic rings. The van der Waals surface area contributed by atoms with Gasteiger partial charge in [-0.2, -0.15) is 0 Å². The zero-order chi connectivity index (χ0) is 67.5. The Balaban J connectivity index is 0.000000142. The van der Waals surface area contributed by atoms with Crippen LogP contribution in [0.25, 0.3) is 200 Å². The molecule has 0 saturated carbocycles. The van der Waals surface area contributed by atoms with Crippen molar-refractivity contribution in [2.24, 2.45) is 0 Å². The Morgan fingerprint density at radius 2 is 0.608 bits per heavy atom. The van der Waals surface area contributed by atoms with Gasteiger partial charge in [0, 0.05) is 88.9 Å². The maximum atomic E-state index is 5.38. The highest BCUT2D eigenvalue weighted by Crippen LogP contribution is 2.44. The molecular formula is C89H53N11O2. The van der Waals surface area contributed by atoms with E-state index in [0.29, 0.717) is 0 Å². The van der Waals surface area contributed by atoms with E-state index in [9.17, 15) is 0 Å². The lowest BCUT2D eigenvalue weighted by Crippen LogP contribution is -1.94. The number of pyridine rings is 7. The van der Waals surface area contributed by atoms with E-state index in [1.54, 1.807) is 12.4 Å². The minimum Gasteiger partial charge on any atom is -0.255 e. The van der Waals surface area contributed by atoms with Crippen molar-refractivity contribution in [3.05, 3.63) is 322 Å². The Labute approximate surface area is 582 Å². The van der Waals surface area contributed by atoms with E-state index in [1.165, 1.54) is 0 Å². The molecule has 9 aromatic heterocycles. The van der Waals surface area contributed by atoms with E-state index >= 15 is 0 Å². The van der Waals surface area contributed by atoms with Crippen molar-refractivity contribution in [1.82, 2.24) is 55.5 Å². The van der Waals surface area contributed by atoms with Gasteiger partial charge < -0.3 is 0 Å². The van der Waals surface area contributed by atoms with Crippen LogP contribution in [0.3, 0.4) is 0 Å². The van der Waals surface area contributed by atoms with Crippen molar-refractivity contribution in [1.29, 1.82) is 0 Å². The van der Waals surface area contributed by atoms with Gasteiger partial charge in [-0.1, -0.05) is 224 Å². The molecule has 20 aromatic rings. The van der Waals surface area contributed by atoms with Crippen molar-refractivity contribution in [2.75, 3.05) is 0 Å². The number of aromatic nitrogens is 11. The van der Waals surface area contributed by atoms with E-state index in [0.717, 1.165) is 200 Å². The van der Waals surface area contributed by atoms with Crippen molar-refractivity contribution in [3.63, 3.8) is 0 Å². The van der Waals surface area contributed by atoms with Gasteiger partial charge in [0.15, 0.2) is 0 Å². The van der Waals surface area contributed by atoms with Gasteiger partial charge in [0.1, 0.15) is 22.1 Å². The normalized spacial score (nSPS) is 11.5. The van der Waals surface area contributed by atoms with Crippen LogP contribution in [-0.2, 0) is 0 Å². The molecule has 13 heteroatoms. The van der Waals surface area contributed by atoms with Gasteiger partial charge in [0.2, 0.25) is 0 Å². The first-order valence-corrected chi connectivity index (χ1v) is 33.5. The molecule has 0 unspecified atom stereocenters. The van der Waals surface area contributed by atoms with Gasteiger partial charge in [-0.05, 0) is 139 Å². The quantitative estimate of drug-likeness (QED) is 0.119. The first kappa shape index (κ1) is 59.1. The van der Waals surface area contributed by atoms with E-state index in [1.807, 2.05) is 127 Å². The van der Waals surface area contributed by atoms with Crippen molar-refractivity contribution in [3.8, 4) is 112 Å². The highest BCUT2D eigenvalue weighted by molar-refractivity contribution is 6.25. The Bertz CT molecular complexity index is 6560. The summed E-state index contributed by atoms with van der Waals surface area (Å²) in [6.07, 6.45) is 3.58. The number of fused-ring (bicyclic) bond motifs is 13. The molecule has 9 heterocycles. The summed E-state index contributed by atoms with van der Waals surface area (Å²) in [5.74, 6) is 0. The number of para-hydroxylation sites is 2. The van der Waals surface area contributed by atoms with Gasteiger partial charge in [0.05, 0.1) is 67.6 Å². The van der Waals surface area contributed by atoms with Crippen LogP contribution in [-0.4, -0.2) is 55.5 Å². The van der Waals surface area contributed by atoms with Crippen LogP contribution in [0.5, 0.6) is 0 Å². The summed E-state index contributed by atoms with van der Waals surface area (Å²) in [6, 6.07) is 106. The highest BCUT2D eigenvalue weighted by Gasteiger charge is 2.23. The Morgan fingerprint density at radius 1 is 0.206 bits per heavy atom. The molecule has 102 heavy (non-hydrogen) atoms. The Kier molecular flexibility index (Phi) is 14.5. The zero-order valence-corrected chi connectivity index (χ0v) is 54.3. The molecule has 11 aromatic carbocycles. The Morgan fingerprint density at radius 3 is 1.11 bits per heavy atom. The lowest BCUT2D eigenvalue weighted by atomic mass is 9.93. The van der Waals surface area contributed by atoms with Crippen LogP contribution < -0.4 is 0 Å². The topological polar surface area (TPSA) is 168 Å². The average Bonchev–Trinajstić information content (AvgIpc) is 1.58. The predicted molar refractivity (Wildman–Crippen MR) is 408 cm³/mol. The molecule has 0 bridgehead atoms. The second-order valence-corrected chi connectivity index (χ2v) is 25.1. The molecule has 0 aliphatic heterocycles. The van der Waals surface area contributed by atoms with E-state index in [2.05, 4.69) is 213 Å². The molecule has 0 fully saturated rings. The molecule has 0 radical (unpaired) electrons. The minimum absolute atomic E-state index is 0.720. The number of hydrogen-bond acceptors (Lipinski definition) is 13. The van der Waals surface area contributed by atoms with Crippen molar-refractivity contribution in [2.45, 2.75) is 0 Å². The van der Waals surface area contributed by atoms with Gasteiger partial charge in [-0.25, -0.2) is 34.2 Å². The maximum absolute atomic E-state index is 5.38. The summed E-state index contributed by atoms with van der Waals surface area (Å²) in [5, 5.41) is 25.6. The maximum Gasteiger partial charge on any atom is 0.144 e. The third kappa shape index (κ3) is 10.6. The third-order valence-corrected chi connectivity index (χ3v) is 19.0. The average molecular weight is 1310 g/mol. The largest absolute Gasteiger partial charge is 0.255 e. The summed E-state index contributed by atoms with van der Waals surface area (Å²) in [4.78, 5) is 34.9. The summed E-state index contributed by atoms with van der Waals surface area (Å²) < 4.78 is 10.7. The van der Waals surface area contributed by atoms with Crippen molar-refractivity contribution >= 4 is 87.2 Å². The molecule has 13 nitrogen and oxygen atoms in total. The SMILES string of the molecule is c1ccc(-c2cc3c(-c4cccc(-c5ccc(-c6cc(-c7ccccn7)nc(-c7ccccn7)c6)cc5)c4)nc4ccccc4c3c3nonc23)cc1.c1ccc(-c2ccc3ccc4ccc(-c5cccc(-c6nc7ccccc7c7c6cc(-c6ccccc6)c6nonc67)c5)nc4c3n2)cc1. The summed E-state index contributed by atoms with van der Waals surface area (Å²) >= 11 is 0. The fourth-order valence-corrected chi connectivity index (χ4v) is 14.1. The first-order chi connectivity index (χ1) is 50.5. The van der Waals surface area contributed by atoms with E-state index < -0.39 is 0 Å². The molecular weight excluding hydrogens is 1260 g/mol.